The second-order valence-corrected chi connectivity index (χ2v) is 5.49. The fourth-order valence-corrected chi connectivity index (χ4v) is 2.18. The van der Waals surface area contributed by atoms with E-state index in [1.54, 1.807) is 17.9 Å². The summed E-state index contributed by atoms with van der Waals surface area (Å²) in [5.41, 5.74) is 6.62. The Morgan fingerprint density at radius 2 is 2.16 bits per heavy atom. The van der Waals surface area contributed by atoms with Gasteiger partial charge < -0.3 is 10.6 Å². The second kappa shape index (κ2) is 5.65. The summed E-state index contributed by atoms with van der Waals surface area (Å²) in [5.74, 6) is -0.519. The van der Waals surface area contributed by atoms with Crippen LogP contribution in [0.1, 0.15) is 35.2 Å². The number of hydrogen-bond donors (Lipinski definition) is 1. The van der Waals surface area contributed by atoms with E-state index >= 15 is 0 Å². The number of carbonyl (C=O) groups is 1. The molecule has 1 fully saturated rings. The topological polar surface area (TPSA) is 46.3 Å². The third-order valence-corrected chi connectivity index (χ3v) is 3.34. The summed E-state index contributed by atoms with van der Waals surface area (Å²) in [6.45, 7) is 2.28. The van der Waals surface area contributed by atoms with Crippen LogP contribution in [0.5, 0.6) is 0 Å². The van der Waals surface area contributed by atoms with Crippen molar-refractivity contribution in [3.05, 3.63) is 35.1 Å². The lowest BCUT2D eigenvalue weighted by atomic mass is 10.1. The lowest BCUT2D eigenvalue weighted by molar-refractivity contribution is 0.0747. The zero-order chi connectivity index (χ0) is 14.0. The molecule has 1 saturated carbocycles. The van der Waals surface area contributed by atoms with Crippen molar-refractivity contribution in [3.8, 4) is 0 Å². The van der Waals surface area contributed by atoms with E-state index in [-0.39, 0.29) is 17.8 Å². The average molecular weight is 280 g/mol. The molecular formula is C14H17FN2OS. The molecule has 3 nitrogen and oxygen atoms in total. The van der Waals surface area contributed by atoms with Crippen LogP contribution < -0.4 is 5.73 Å². The third-order valence-electron chi connectivity index (χ3n) is 3.14. The highest BCUT2D eigenvalue weighted by molar-refractivity contribution is 7.80. The summed E-state index contributed by atoms with van der Waals surface area (Å²) >= 11 is 4.85. The monoisotopic (exact) mass is 280 g/mol. The molecule has 1 aliphatic rings. The van der Waals surface area contributed by atoms with E-state index in [0.717, 1.165) is 18.4 Å². The van der Waals surface area contributed by atoms with Gasteiger partial charge in [0.05, 0.1) is 4.99 Å². The summed E-state index contributed by atoms with van der Waals surface area (Å²) < 4.78 is 13.4. The highest BCUT2D eigenvalue weighted by atomic mass is 32.1. The minimum absolute atomic E-state index is 0.138. The number of halogens is 1. The summed E-state index contributed by atoms with van der Waals surface area (Å²) in [6.07, 6.45) is 2.50. The predicted molar refractivity (Wildman–Crippen MR) is 76.6 cm³/mol. The van der Waals surface area contributed by atoms with E-state index < -0.39 is 0 Å². The molecule has 0 saturated heterocycles. The minimum atomic E-state index is -0.381. The maximum atomic E-state index is 13.4. The Bertz CT molecular complexity index is 494. The van der Waals surface area contributed by atoms with E-state index in [9.17, 15) is 9.18 Å². The Labute approximate surface area is 117 Å². The third kappa shape index (κ3) is 3.73. The minimum Gasteiger partial charge on any atom is -0.393 e. The van der Waals surface area contributed by atoms with Crippen LogP contribution in [0.3, 0.4) is 0 Å². The zero-order valence-corrected chi connectivity index (χ0v) is 11.7. The number of nitrogens with zero attached hydrogens (tertiary/aromatic N) is 1. The number of aryl methyl sites for hydroxylation is 1. The number of hydrogen-bond acceptors (Lipinski definition) is 2. The summed E-state index contributed by atoms with van der Waals surface area (Å²) in [4.78, 5) is 14.6. The quantitative estimate of drug-likeness (QED) is 0.843. The molecule has 0 aliphatic heterocycles. The van der Waals surface area contributed by atoms with Gasteiger partial charge in [0.2, 0.25) is 0 Å². The van der Waals surface area contributed by atoms with Gasteiger partial charge in [0.25, 0.3) is 5.91 Å². The molecule has 102 valence electrons. The van der Waals surface area contributed by atoms with Crippen LogP contribution in [0.25, 0.3) is 0 Å². The van der Waals surface area contributed by atoms with Crippen LogP contribution in [0, 0.1) is 12.7 Å². The van der Waals surface area contributed by atoms with Crippen LogP contribution >= 0.6 is 12.2 Å². The Hall–Kier alpha value is -1.49. The molecule has 0 bridgehead atoms. The normalized spacial score (nSPS) is 14.2. The van der Waals surface area contributed by atoms with Crippen molar-refractivity contribution < 1.29 is 9.18 Å². The van der Waals surface area contributed by atoms with Crippen LogP contribution in [-0.4, -0.2) is 28.4 Å². The molecule has 0 radical (unpaired) electrons. The lowest BCUT2D eigenvalue weighted by Gasteiger charge is -2.22. The highest BCUT2D eigenvalue weighted by Crippen LogP contribution is 2.28. The average Bonchev–Trinajstić information content (AvgIpc) is 3.11. The van der Waals surface area contributed by atoms with Gasteiger partial charge in [-0.3, -0.25) is 4.79 Å². The highest BCUT2D eigenvalue weighted by Gasteiger charge is 2.32. The van der Waals surface area contributed by atoms with E-state index in [2.05, 4.69) is 0 Å². The van der Waals surface area contributed by atoms with Gasteiger partial charge in [0.15, 0.2) is 0 Å². The van der Waals surface area contributed by atoms with Gasteiger partial charge in [-0.1, -0.05) is 12.2 Å². The summed E-state index contributed by atoms with van der Waals surface area (Å²) in [7, 11) is 0. The molecule has 0 unspecified atom stereocenters. The van der Waals surface area contributed by atoms with Crippen molar-refractivity contribution in [1.82, 2.24) is 4.90 Å². The first-order chi connectivity index (χ1) is 8.97. The van der Waals surface area contributed by atoms with E-state index in [4.69, 9.17) is 18.0 Å². The number of amides is 1. The molecule has 0 spiro atoms. The number of carbonyl (C=O) groups excluding carboxylic acids is 1. The molecule has 0 aromatic heterocycles. The Morgan fingerprint density at radius 1 is 1.47 bits per heavy atom. The van der Waals surface area contributed by atoms with Gasteiger partial charge in [0.1, 0.15) is 5.82 Å². The second-order valence-electron chi connectivity index (χ2n) is 4.96. The predicted octanol–water partition coefficient (Wildman–Crippen LogP) is 2.41. The fourth-order valence-electron chi connectivity index (χ4n) is 2.09. The van der Waals surface area contributed by atoms with Crippen molar-refractivity contribution in [2.45, 2.75) is 32.2 Å². The van der Waals surface area contributed by atoms with Gasteiger partial charge in [-0.15, -0.1) is 0 Å². The smallest absolute Gasteiger partial charge is 0.254 e. The van der Waals surface area contributed by atoms with Crippen molar-refractivity contribution in [3.63, 3.8) is 0 Å². The Kier molecular flexibility index (Phi) is 4.14. The van der Waals surface area contributed by atoms with Crippen molar-refractivity contribution >= 4 is 23.1 Å². The Morgan fingerprint density at radius 3 is 2.68 bits per heavy atom. The molecule has 1 aliphatic carbocycles. The first-order valence-corrected chi connectivity index (χ1v) is 6.74. The van der Waals surface area contributed by atoms with Gasteiger partial charge in [-0.2, -0.15) is 0 Å². The van der Waals surface area contributed by atoms with Crippen molar-refractivity contribution in [2.75, 3.05) is 6.54 Å². The van der Waals surface area contributed by atoms with E-state index in [0.29, 0.717) is 23.5 Å². The fraction of sp³-hybridized carbons (Fsp3) is 0.429. The first-order valence-electron chi connectivity index (χ1n) is 6.34. The standard InChI is InChI=1S/C14H17FN2OS/c1-9-6-10(8-11(15)7-9)14(18)17(12-2-3-12)5-4-13(16)19/h6-8,12H,2-5H2,1H3,(H2,16,19). The van der Waals surface area contributed by atoms with Crippen LogP contribution in [0.15, 0.2) is 18.2 Å². The SMILES string of the molecule is Cc1cc(F)cc(C(=O)N(CCC(N)=S)C2CC2)c1. The van der Waals surface area contributed by atoms with Gasteiger partial charge in [-0.25, -0.2) is 4.39 Å². The number of benzene rings is 1. The molecule has 2 N–H and O–H groups in total. The van der Waals surface area contributed by atoms with Gasteiger partial charge >= 0.3 is 0 Å². The van der Waals surface area contributed by atoms with Crippen LogP contribution in [0.2, 0.25) is 0 Å². The van der Waals surface area contributed by atoms with Crippen LogP contribution in [-0.2, 0) is 0 Å². The molecule has 2 rings (SSSR count). The molecule has 0 atom stereocenters. The lowest BCUT2D eigenvalue weighted by Crippen LogP contribution is -2.35. The number of nitrogens with two attached hydrogens (primary N) is 1. The first kappa shape index (κ1) is 13.9. The molecule has 1 aromatic rings. The van der Waals surface area contributed by atoms with Crippen molar-refractivity contribution in [1.29, 1.82) is 0 Å². The van der Waals surface area contributed by atoms with E-state index in [1.165, 1.54) is 12.1 Å². The maximum Gasteiger partial charge on any atom is 0.254 e. The molecule has 5 heteroatoms. The van der Waals surface area contributed by atoms with E-state index in [1.807, 2.05) is 0 Å². The largest absolute Gasteiger partial charge is 0.393 e. The molecule has 19 heavy (non-hydrogen) atoms. The zero-order valence-electron chi connectivity index (χ0n) is 10.9. The number of thiocarbonyl (C=S) groups is 1. The molecular weight excluding hydrogens is 263 g/mol. The maximum absolute atomic E-state index is 13.4. The number of rotatable bonds is 5. The van der Waals surface area contributed by atoms with Gasteiger partial charge in [0, 0.05) is 24.6 Å². The van der Waals surface area contributed by atoms with Crippen molar-refractivity contribution in [2.24, 2.45) is 5.73 Å². The Balaban J connectivity index is 2.16. The molecule has 0 heterocycles. The summed E-state index contributed by atoms with van der Waals surface area (Å²) in [6, 6.07) is 4.66. The molecule has 1 aromatic carbocycles. The summed E-state index contributed by atoms with van der Waals surface area (Å²) in [5, 5.41) is 0. The van der Waals surface area contributed by atoms with Gasteiger partial charge in [-0.05, 0) is 43.5 Å². The van der Waals surface area contributed by atoms with Crippen LogP contribution in [0.4, 0.5) is 4.39 Å². The molecule has 1 amide bonds.